The van der Waals surface area contributed by atoms with Crippen molar-refractivity contribution < 1.29 is 71.4 Å². The van der Waals surface area contributed by atoms with Gasteiger partial charge < -0.3 is 45.1 Å². The maximum absolute atomic E-state index is 12.9. The number of nitrogens with two attached hydrogens (primary N) is 1. The van der Waals surface area contributed by atoms with Crippen LogP contribution < -0.4 is 11.4 Å². The molecule has 1 fully saturated rings. The molecule has 21 heteroatoms. The number of phosphoric ester groups is 2. The fourth-order valence-corrected chi connectivity index (χ4v) is 9.35. The van der Waals surface area contributed by atoms with Crippen molar-refractivity contribution >= 4 is 33.4 Å². The van der Waals surface area contributed by atoms with Crippen molar-refractivity contribution in [3.63, 3.8) is 0 Å². The molecule has 0 aromatic carbocycles. The van der Waals surface area contributed by atoms with Crippen LogP contribution in [0.3, 0.4) is 0 Å². The van der Waals surface area contributed by atoms with Gasteiger partial charge in [0.2, 0.25) is 0 Å². The number of carbonyl (C=O) groups excluding carboxylic acids is 2. The predicted molar refractivity (Wildman–Crippen MR) is 281 cm³/mol. The number of nitrogens with zero attached hydrogens (tertiary/aromatic N) is 2. The van der Waals surface area contributed by atoms with Gasteiger partial charge in [0.25, 0.3) is 0 Å². The number of anilines is 1. The Kier molecular flexibility index (Phi) is 35.4. The molecular weight excluding hydrogens is 985 g/mol. The molecule has 2 rings (SSSR count). The summed E-state index contributed by atoms with van der Waals surface area (Å²) < 4.78 is 56.7. The Bertz CT molecular complexity index is 2020. The van der Waals surface area contributed by atoms with Crippen molar-refractivity contribution in [2.45, 2.75) is 198 Å². The normalized spacial score (nSPS) is 20.0. The second kappa shape index (κ2) is 39.6. The molecule has 0 spiro atoms. The molecule has 73 heavy (non-hydrogen) atoms. The fourth-order valence-electron chi connectivity index (χ4n) is 7.24. The molecular formula is C52H85N3O16P2. The van der Waals surface area contributed by atoms with Gasteiger partial charge in [-0.25, -0.2) is 13.9 Å². The van der Waals surface area contributed by atoms with Crippen LogP contribution in [-0.4, -0.2) is 96.9 Å². The summed E-state index contributed by atoms with van der Waals surface area (Å²) >= 11 is 0. The Hall–Kier alpha value is -3.84. The van der Waals surface area contributed by atoms with E-state index in [0.29, 0.717) is 25.7 Å². The highest BCUT2D eigenvalue weighted by Crippen LogP contribution is 2.60. The molecule has 1 aliphatic heterocycles. The van der Waals surface area contributed by atoms with Gasteiger partial charge in [-0.1, -0.05) is 151 Å². The number of ether oxygens (including phenoxy) is 3. The maximum Gasteiger partial charge on any atom is 0.481 e. The number of aliphatic hydroxyl groups is 3. The highest BCUT2D eigenvalue weighted by Gasteiger charge is 2.46. The third-order valence-electron chi connectivity index (χ3n) is 11.4. The van der Waals surface area contributed by atoms with Crippen molar-refractivity contribution in [1.29, 1.82) is 0 Å². The van der Waals surface area contributed by atoms with Crippen LogP contribution >= 0.6 is 15.6 Å². The SMILES string of the molecule is CCCCCCCC/C=C\CCCCCCCCCC(=O)O[C@H](COC(=O)CCC/C=C\C/C=C\C/C=C\C/C=C\C=C\[C@@H](O)CC)COP(=O)(O)OP(=O)(O)OC[C@H]1O[C@@H](n2ccc(N)nc2=O)[C@H](O)[C@@H]1O. The lowest BCUT2D eigenvalue weighted by molar-refractivity contribution is -0.161. The number of rotatable bonds is 42. The molecule has 8 atom stereocenters. The molecule has 1 aliphatic rings. The second-order valence-electron chi connectivity index (χ2n) is 17.8. The number of aromatic nitrogens is 2. The highest BCUT2D eigenvalue weighted by atomic mass is 31.3. The number of allylic oxidation sites excluding steroid dienone is 11. The van der Waals surface area contributed by atoms with E-state index in [-0.39, 0.29) is 18.7 Å². The van der Waals surface area contributed by atoms with E-state index >= 15 is 0 Å². The van der Waals surface area contributed by atoms with Crippen LogP contribution in [0.4, 0.5) is 5.82 Å². The average Bonchev–Trinajstić information content (AvgIpc) is 3.63. The number of esters is 2. The number of carbonyl (C=O) groups is 2. The lowest BCUT2D eigenvalue weighted by atomic mass is 10.1. The summed E-state index contributed by atoms with van der Waals surface area (Å²) in [7, 11) is -10.9. The van der Waals surface area contributed by atoms with Gasteiger partial charge in [0.15, 0.2) is 12.3 Å². The van der Waals surface area contributed by atoms with Gasteiger partial charge >= 0.3 is 33.3 Å². The van der Waals surface area contributed by atoms with E-state index in [4.69, 9.17) is 29.0 Å². The van der Waals surface area contributed by atoms with Crippen molar-refractivity contribution in [2.24, 2.45) is 0 Å². The Morgan fingerprint density at radius 2 is 1.27 bits per heavy atom. The monoisotopic (exact) mass is 1070 g/mol. The molecule has 0 amide bonds. The molecule has 2 unspecified atom stereocenters. The molecule has 414 valence electrons. The van der Waals surface area contributed by atoms with Gasteiger partial charge in [0.1, 0.15) is 30.7 Å². The van der Waals surface area contributed by atoms with Crippen LogP contribution in [0.15, 0.2) is 90.0 Å². The molecule has 1 aromatic heterocycles. The van der Waals surface area contributed by atoms with Crippen LogP contribution in [0.5, 0.6) is 0 Å². The minimum Gasteiger partial charge on any atom is -0.462 e. The molecule has 0 aliphatic carbocycles. The second-order valence-corrected chi connectivity index (χ2v) is 20.9. The minimum absolute atomic E-state index is 0.0229. The summed E-state index contributed by atoms with van der Waals surface area (Å²) in [5, 5.41) is 30.4. The van der Waals surface area contributed by atoms with E-state index in [1.165, 1.54) is 44.6 Å². The van der Waals surface area contributed by atoms with Crippen LogP contribution in [0.2, 0.25) is 0 Å². The number of aliphatic hydroxyl groups excluding tert-OH is 3. The maximum atomic E-state index is 12.9. The number of phosphoric acid groups is 2. The third kappa shape index (κ3) is 32.3. The predicted octanol–water partition coefficient (Wildman–Crippen LogP) is 9.86. The van der Waals surface area contributed by atoms with Gasteiger partial charge in [0, 0.05) is 19.0 Å². The number of unbranched alkanes of at least 4 members (excludes halogenated alkanes) is 14. The van der Waals surface area contributed by atoms with Gasteiger partial charge in [-0.05, 0) is 76.7 Å². The Morgan fingerprint density at radius 1 is 0.726 bits per heavy atom. The zero-order chi connectivity index (χ0) is 53.6. The molecule has 7 N–H and O–H groups in total. The first-order valence-corrected chi connectivity index (χ1v) is 29.0. The lowest BCUT2D eigenvalue weighted by Gasteiger charge is -2.21. The molecule has 0 saturated carbocycles. The largest absolute Gasteiger partial charge is 0.481 e. The zero-order valence-corrected chi connectivity index (χ0v) is 44.8. The summed E-state index contributed by atoms with van der Waals surface area (Å²) in [5.41, 5.74) is 4.58. The van der Waals surface area contributed by atoms with Crippen LogP contribution in [-0.2, 0) is 46.3 Å². The Labute approximate surface area is 432 Å². The molecule has 1 aromatic rings. The smallest absolute Gasteiger partial charge is 0.462 e. The average molecular weight is 1070 g/mol. The topological polar surface area (TPSA) is 286 Å². The van der Waals surface area contributed by atoms with Gasteiger partial charge in [0.05, 0.1) is 19.3 Å². The van der Waals surface area contributed by atoms with Crippen molar-refractivity contribution in [2.75, 3.05) is 25.6 Å². The van der Waals surface area contributed by atoms with Crippen LogP contribution in [0.1, 0.15) is 168 Å². The fraction of sp³-hybridized carbons (Fsp3) is 0.654. The number of hydrogen-bond donors (Lipinski definition) is 6. The van der Waals surface area contributed by atoms with Crippen molar-refractivity contribution in [3.05, 3.63) is 95.7 Å². The first kappa shape index (κ1) is 65.3. The van der Waals surface area contributed by atoms with E-state index in [1.54, 1.807) is 6.08 Å². The van der Waals surface area contributed by atoms with E-state index in [9.17, 15) is 48.6 Å². The van der Waals surface area contributed by atoms with E-state index in [1.807, 2.05) is 43.4 Å². The molecule has 0 radical (unpaired) electrons. The highest BCUT2D eigenvalue weighted by molar-refractivity contribution is 7.61. The summed E-state index contributed by atoms with van der Waals surface area (Å²) in [5.74, 6) is -1.40. The van der Waals surface area contributed by atoms with Gasteiger partial charge in [-0.15, -0.1) is 0 Å². The van der Waals surface area contributed by atoms with E-state index in [2.05, 4.69) is 46.6 Å². The molecule has 0 bridgehead atoms. The molecule has 2 heterocycles. The standard InChI is InChI=1S/C52H85N3O16P2/c1-3-5-6-7-8-9-10-11-12-13-14-19-22-25-28-31-34-37-48(58)69-44(40-66-47(57)36-33-30-27-24-21-18-16-15-17-20-23-26-29-32-35-43(56)4-2)41-67-72(62,63)71-73(64,65)68-42-45-49(59)50(60)51(70-45)55-39-38-46(53)54-52(55)61/h11-12,16-18,20,24,26-27,29,32,35,38-39,43-45,49-51,56,59-60H,3-10,13-15,19,21-23,25,28,30-31,33-34,36-37,40-42H2,1-2H3,(H,62,63)(H,64,65)(H2,53,54,61)/b12-11-,18-16-,20-17-,27-24-,29-26-,35-32+/t43-,44+,45+,49+,50+,51+/m0/s1. The zero-order valence-electron chi connectivity index (χ0n) is 43.0. The molecule has 1 saturated heterocycles. The summed E-state index contributed by atoms with van der Waals surface area (Å²) in [6, 6.07) is 1.24. The summed E-state index contributed by atoms with van der Waals surface area (Å²) in [4.78, 5) is 61.9. The van der Waals surface area contributed by atoms with Crippen molar-refractivity contribution in [3.8, 4) is 0 Å². The Balaban J connectivity index is 1.82. The van der Waals surface area contributed by atoms with E-state index < -0.39 is 89.8 Å². The summed E-state index contributed by atoms with van der Waals surface area (Å²) in [6.07, 6.45) is 37.9. The Morgan fingerprint density at radius 3 is 1.90 bits per heavy atom. The van der Waals surface area contributed by atoms with Crippen LogP contribution in [0.25, 0.3) is 0 Å². The summed E-state index contributed by atoms with van der Waals surface area (Å²) in [6.45, 7) is 1.76. The van der Waals surface area contributed by atoms with Gasteiger partial charge in [-0.3, -0.25) is 23.2 Å². The minimum atomic E-state index is -5.45. The number of hydrogen-bond acceptors (Lipinski definition) is 16. The lowest BCUT2D eigenvalue weighted by Crippen LogP contribution is -2.36. The third-order valence-corrected chi connectivity index (χ3v) is 14.0. The van der Waals surface area contributed by atoms with Crippen LogP contribution in [0, 0.1) is 0 Å². The first-order valence-electron chi connectivity index (χ1n) is 26.1. The number of nitrogen functional groups attached to an aromatic ring is 1. The van der Waals surface area contributed by atoms with Gasteiger partial charge in [-0.2, -0.15) is 9.29 Å². The van der Waals surface area contributed by atoms with E-state index in [0.717, 1.165) is 81.4 Å². The quantitative estimate of drug-likeness (QED) is 0.0117. The van der Waals surface area contributed by atoms with Crippen molar-refractivity contribution in [1.82, 2.24) is 9.55 Å². The molecule has 19 nitrogen and oxygen atoms in total. The first-order chi connectivity index (χ1) is 35.1.